The molecule has 0 spiro atoms. The molecule has 0 aromatic heterocycles. The van der Waals surface area contributed by atoms with Gasteiger partial charge < -0.3 is 9.64 Å². The van der Waals surface area contributed by atoms with Crippen molar-refractivity contribution in [2.24, 2.45) is 11.3 Å². The number of nitrogens with zero attached hydrogens (tertiary/aromatic N) is 2. The minimum absolute atomic E-state index is 0.0291. The van der Waals surface area contributed by atoms with Crippen LogP contribution >= 0.6 is 0 Å². The van der Waals surface area contributed by atoms with Crippen molar-refractivity contribution < 1.29 is 9.13 Å². The molecular formula is C21H25FN2O. The van der Waals surface area contributed by atoms with Gasteiger partial charge in [-0.2, -0.15) is 0 Å². The minimum Gasteiger partial charge on any atom is -0.487 e. The van der Waals surface area contributed by atoms with Crippen LogP contribution in [0.15, 0.2) is 48.3 Å². The fourth-order valence-corrected chi connectivity index (χ4v) is 4.39. The van der Waals surface area contributed by atoms with E-state index in [4.69, 9.17) is 4.74 Å². The fourth-order valence-electron chi connectivity index (χ4n) is 4.39. The Morgan fingerprint density at radius 2 is 2.00 bits per heavy atom. The van der Waals surface area contributed by atoms with Gasteiger partial charge in [0, 0.05) is 18.0 Å². The lowest BCUT2D eigenvalue weighted by Gasteiger charge is -2.35. The molecule has 25 heavy (non-hydrogen) atoms. The molecular weight excluding hydrogens is 315 g/mol. The second-order valence-electron chi connectivity index (χ2n) is 8.05. The molecule has 1 aromatic carbocycles. The highest BCUT2D eigenvalue weighted by Crippen LogP contribution is 2.54. The molecule has 2 aliphatic heterocycles. The number of ether oxygens (including phenoxy) is 1. The summed E-state index contributed by atoms with van der Waals surface area (Å²) in [5, 5.41) is 0. The molecule has 2 heterocycles. The average molecular weight is 340 g/mol. The van der Waals surface area contributed by atoms with Crippen LogP contribution in [0.2, 0.25) is 0 Å². The number of hydrogen-bond acceptors (Lipinski definition) is 3. The molecule has 132 valence electrons. The monoisotopic (exact) mass is 340 g/mol. The van der Waals surface area contributed by atoms with Crippen LogP contribution in [0.4, 0.5) is 4.39 Å². The van der Waals surface area contributed by atoms with E-state index in [1.807, 2.05) is 38.4 Å². The Bertz CT molecular complexity index is 724. The van der Waals surface area contributed by atoms with Crippen LogP contribution in [0.3, 0.4) is 0 Å². The lowest BCUT2D eigenvalue weighted by molar-refractivity contribution is 0.0802. The number of likely N-dealkylation sites (tertiary alicyclic amines) is 1. The molecule has 3 nitrogen and oxygen atoms in total. The number of halogens is 1. The largest absolute Gasteiger partial charge is 0.487 e. The van der Waals surface area contributed by atoms with Gasteiger partial charge in [-0.3, -0.25) is 4.90 Å². The molecule has 0 bridgehead atoms. The molecule has 1 aliphatic carbocycles. The Hall–Kier alpha value is -1.65. The maximum Gasteiger partial charge on any atom is 0.131 e. The van der Waals surface area contributed by atoms with Crippen LogP contribution in [0.1, 0.15) is 25.5 Å². The zero-order valence-corrected chi connectivity index (χ0v) is 15.2. The van der Waals surface area contributed by atoms with E-state index in [-0.39, 0.29) is 35.3 Å². The molecule has 4 heteroatoms. The Morgan fingerprint density at radius 3 is 2.76 bits per heavy atom. The van der Waals surface area contributed by atoms with E-state index in [2.05, 4.69) is 42.3 Å². The first-order chi connectivity index (χ1) is 11.9. The summed E-state index contributed by atoms with van der Waals surface area (Å²) < 4.78 is 21.1. The van der Waals surface area contributed by atoms with Crippen LogP contribution in [0.5, 0.6) is 5.75 Å². The number of rotatable bonds is 3. The van der Waals surface area contributed by atoms with Gasteiger partial charge in [-0.25, -0.2) is 4.39 Å². The highest BCUT2D eigenvalue weighted by Gasteiger charge is 2.54. The number of hydrogen-bond donors (Lipinski definition) is 0. The van der Waals surface area contributed by atoms with Gasteiger partial charge in [0.05, 0.1) is 18.6 Å². The van der Waals surface area contributed by atoms with Gasteiger partial charge in [0.15, 0.2) is 0 Å². The zero-order chi connectivity index (χ0) is 17.8. The Labute approximate surface area is 149 Å². The molecule has 4 rings (SSSR count). The Kier molecular flexibility index (Phi) is 4.00. The van der Waals surface area contributed by atoms with Crippen molar-refractivity contribution in [2.75, 3.05) is 20.6 Å². The zero-order valence-electron chi connectivity index (χ0n) is 15.2. The minimum atomic E-state index is -0.301. The number of fused-ring (bicyclic) bond motifs is 2. The summed E-state index contributed by atoms with van der Waals surface area (Å²) in [5.41, 5.74) is 0.910. The summed E-state index contributed by atoms with van der Waals surface area (Å²) in [6, 6.07) is 7.78. The first kappa shape index (κ1) is 16.8. The van der Waals surface area contributed by atoms with Crippen LogP contribution < -0.4 is 4.74 Å². The lowest BCUT2D eigenvalue weighted by atomic mass is 9.77. The summed E-state index contributed by atoms with van der Waals surface area (Å²) >= 11 is 0. The van der Waals surface area contributed by atoms with Crippen molar-refractivity contribution in [1.29, 1.82) is 0 Å². The van der Waals surface area contributed by atoms with Crippen LogP contribution in [0.25, 0.3) is 0 Å². The standard InChI is InChI=1S/C21H25FN2O/c1-21(2)13-24(20-15(21)9-7-10-16(20)22)19-14-8-5-6-11-17(14)25-18(19)12-23(3)4/h5-11,15,18-20H,12H2,1-4H3/t15?,18-,19+,20?/m0/s1. The number of allylic oxidation sites excluding steroid dienone is 2. The summed E-state index contributed by atoms with van der Waals surface area (Å²) in [7, 11) is 4.08. The Balaban J connectivity index is 1.75. The third kappa shape index (κ3) is 2.72. The smallest absolute Gasteiger partial charge is 0.131 e. The predicted molar refractivity (Wildman–Crippen MR) is 96.6 cm³/mol. The van der Waals surface area contributed by atoms with Crippen molar-refractivity contribution in [3.63, 3.8) is 0 Å². The molecule has 2 radical (unpaired) electrons. The topological polar surface area (TPSA) is 15.7 Å². The molecule has 1 aromatic rings. The lowest BCUT2D eigenvalue weighted by Crippen LogP contribution is -2.43. The number of likely N-dealkylation sites (N-methyl/N-ethyl adjacent to an activating group) is 1. The van der Waals surface area contributed by atoms with Crippen molar-refractivity contribution in [3.05, 3.63) is 60.4 Å². The molecule has 0 amide bonds. The molecule has 4 atom stereocenters. The summed E-state index contributed by atoms with van der Waals surface area (Å²) in [4.78, 5) is 4.22. The second-order valence-corrected chi connectivity index (χ2v) is 8.05. The van der Waals surface area contributed by atoms with Gasteiger partial charge in [-0.05, 0) is 31.7 Å². The molecule has 0 saturated carbocycles. The van der Waals surface area contributed by atoms with Crippen molar-refractivity contribution in [1.82, 2.24) is 9.80 Å². The van der Waals surface area contributed by atoms with Gasteiger partial charge in [-0.1, -0.05) is 44.2 Å². The van der Waals surface area contributed by atoms with E-state index in [0.717, 1.165) is 17.9 Å². The van der Waals surface area contributed by atoms with Gasteiger partial charge in [0.25, 0.3) is 0 Å². The van der Waals surface area contributed by atoms with Gasteiger partial charge in [0.2, 0.25) is 0 Å². The van der Waals surface area contributed by atoms with E-state index >= 15 is 0 Å². The number of para-hydroxylation sites is 1. The van der Waals surface area contributed by atoms with E-state index in [9.17, 15) is 4.39 Å². The maximum atomic E-state index is 14.8. The highest BCUT2D eigenvalue weighted by atomic mass is 19.1. The Morgan fingerprint density at radius 1 is 1.24 bits per heavy atom. The average Bonchev–Trinajstić information content (AvgIpc) is 3.02. The second kappa shape index (κ2) is 5.96. The van der Waals surface area contributed by atoms with Gasteiger partial charge in [-0.15, -0.1) is 0 Å². The summed E-state index contributed by atoms with van der Waals surface area (Å²) in [5.74, 6) is 0.905. The maximum absolute atomic E-state index is 14.8. The SMILES string of the molecule is CN(C)C[C@@H]1Oc2ccccc2[C@H]1N1[C]C(C)(C)C2C=CC=C(F)C21. The van der Waals surface area contributed by atoms with Crippen molar-refractivity contribution in [2.45, 2.75) is 32.0 Å². The quantitative estimate of drug-likeness (QED) is 0.831. The predicted octanol–water partition coefficient (Wildman–Crippen LogP) is 3.84. The highest BCUT2D eigenvalue weighted by molar-refractivity contribution is 5.43. The van der Waals surface area contributed by atoms with Crippen LogP contribution in [0, 0.1) is 17.9 Å². The van der Waals surface area contributed by atoms with Crippen LogP contribution in [-0.4, -0.2) is 42.6 Å². The summed E-state index contributed by atoms with van der Waals surface area (Å²) in [6.07, 6.45) is 5.48. The first-order valence-electron chi connectivity index (χ1n) is 8.89. The third-order valence-electron chi connectivity index (χ3n) is 5.46. The number of benzene rings is 1. The summed E-state index contributed by atoms with van der Waals surface area (Å²) in [6.45, 7) is 8.64. The molecule has 0 N–H and O–H groups in total. The van der Waals surface area contributed by atoms with Gasteiger partial charge in [0.1, 0.15) is 17.7 Å². The third-order valence-corrected chi connectivity index (χ3v) is 5.46. The molecule has 3 aliphatic rings. The van der Waals surface area contributed by atoms with Crippen molar-refractivity contribution in [3.8, 4) is 5.75 Å². The van der Waals surface area contributed by atoms with E-state index < -0.39 is 0 Å². The van der Waals surface area contributed by atoms with Crippen LogP contribution in [-0.2, 0) is 0 Å². The van der Waals surface area contributed by atoms with Gasteiger partial charge >= 0.3 is 0 Å². The van der Waals surface area contributed by atoms with Crippen molar-refractivity contribution >= 4 is 0 Å². The fraction of sp³-hybridized carbons (Fsp3) is 0.476. The van der Waals surface area contributed by atoms with E-state index in [1.54, 1.807) is 6.08 Å². The normalized spacial score (nSPS) is 33.1. The van der Waals surface area contributed by atoms with E-state index in [0.29, 0.717) is 0 Å². The first-order valence-corrected chi connectivity index (χ1v) is 8.89. The molecule has 1 saturated heterocycles. The van der Waals surface area contributed by atoms with E-state index in [1.165, 1.54) is 0 Å². The molecule has 2 unspecified atom stereocenters. The molecule has 1 fully saturated rings.